The third kappa shape index (κ3) is 1.95. The normalized spacial score (nSPS) is 11.0. The first-order valence-corrected chi connectivity index (χ1v) is 6.96. The zero-order valence-electron chi connectivity index (χ0n) is 12.4. The van der Waals surface area contributed by atoms with Gasteiger partial charge in [-0.05, 0) is 65.1 Å². The number of rotatable bonds is 2. The number of carbonyl (C=O) groups excluding carboxylic acids is 2. The predicted octanol–water partition coefficient (Wildman–Crippen LogP) is 4.30. The van der Waals surface area contributed by atoms with Crippen molar-refractivity contribution in [2.75, 3.05) is 0 Å². The van der Waals surface area contributed by atoms with Gasteiger partial charge in [0.25, 0.3) is 0 Å². The van der Waals surface area contributed by atoms with Crippen molar-refractivity contribution in [1.82, 2.24) is 0 Å². The fourth-order valence-corrected chi connectivity index (χ4v) is 3.00. The molecule has 0 saturated carbocycles. The Hall–Kier alpha value is -2.48. The summed E-state index contributed by atoms with van der Waals surface area (Å²) < 4.78 is 0. The Morgan fingerprint density at radius 1 is 0.952 bits per heavy atom. The number of hydrogen-bond donors (Lipinski definition) is 0. The molecule has 0 aromatic heterocycles. The first-order valence-electron chi connectivity index (χ1n) is 6.96. The minimum Gasteiger partial charge on any atom is -0.294 e. The molecule has 0 atom stereocenters. The summed E-state index contributed by atoms with van der Waals surface area (Å²) in [6, 6.07) is 11.9. The van der Waals surface area contributed by atoms with Crippen LogP contribution in [0, 0.1) is 20.8 Å². The van der Waals surface area contributed by atoms with Crippen LogP contribution < -0.4 is 0 Å². The summed E-state index contributed by atoms with van der Waals surface area (Å²) in [6.45, 7) is 6.14. The number of hydrogen-bond acceptors (Lipinski definition) is 2. The third-order valence-corrected chi connectivity index (χ3v) is 4.35. The molecule has 0 aliphatic carbocycles. The van der Waals surface area contributed by atoms with Gasteiger partial charge in [-0.25, -0.2) is 0 Å². The number of aryl methyl sites for hydroxylation is 2. The van der Waals surface area contributed by atoms with Crippen LogP contribution in [-0.2, 0) is 4.79 Å². The quantitative estimate of drug-likeness (QED) is 0.303. The molecule has 0 aliphatic heterocycles. The highest BCUT2D eigenvalue weighted by Gasteiger charge is 2.16. The van der Waals surface area contributed by atoms with E-state index in [0.717, 1.165) is 32.7 Å². The standard InChI is InChI=1S/C19H16O2/c1-11-8-16-15-7-5-4-6-14(15)9-17(18(21)10-20)19(16)13(3)12(11)2/h4-10H,1-3H3. The monoisotopic (exact) mass is 276 g/mol. The first-order chi connectivity index (χ1) is 10.0. The van der Waals surface area contributed by atoms with E-state index in [0.29, 0.717) is 11.8 Å². The van der Waals surface area contributed by atoms with Crippen molar-refractivity contribution in [3.05, 3.63) is 58.7 Å². The number of Topliss-reactive ketones (excluding diaryl/α,β-unsaturated/α-hetero) is 1. The van der Waals surface area contributed by atoms with Crippen molar-refractivity contribution in [2.24, 2.45) is 0 Å². The van der Waals surface area contributed by atoms with Crippen LogP contribution in [0.3, 0.4) is 0 Å². The van der Waals surface area contributed by atoms with E-state index in [2.05, 4.69) is 26.0 Å². The molecule has 104 valence electrons. The number of benzene rings is 3. The van der Waals surface area contributed by atoms with Gasteiger partial charge in [-0.1, -0.05) is 30.3 Å². The van der Waals surface area contributed by atoms with Crippen LogP contribution in [-0.4, -0.2) is 12.1 Å². The summed E-state index contributed by atoms with van der Waals surface area (Å²) in [5.41, 5.74) is 3.93. The maximum Gasteiger partial charge on any atom is 0.226 e. The van der Waals surface area contributed by atoms with Crippen LogP contribution in [0.15, 0.2) is 36.4 Å². The molecule has 0 fully saturated rings. The molecule has 0 saturated heterocycles. The van der Waals surface area contributed by atoms with E-state index in [1.807, 2.05) is 31.2 Å². The molecule has 21 heavy (non-hydrogen) atoms. The maximum absolute atomic E-state index is 12.1. The summed E-state index contributed by atoms with van der Waals surface area (Å²) in [5, 5.41) is 4.03. The van der Waals surface area contributed by atoms with Crippen LogP contribution in [0.4, 0.5) is 0 Å². The van der Waals surface area contributed by atoms with Gasteiger partial charge in [0.05, 0.1) is 0 Å². The number of ketones is 1. The van der Waals surface area contributed by atoms with Gasteiger partial charge in [-0.3, -0.25) is 9.59 Å². The van der Waals surface area contributed by atoms with E-state index < -0.39 is 5.78 Å². The molecule has 0 amide bonds. The van der Waals surface area contributed by atoms with Crippen LogP contribution in [0.2, 0.25) is 0 Å². The molecule has 0 radical (unpaired) electrons. The van der Waals surface area contributed by atoms with E-state index in [4.69, 9.17) is 0 Å². The van der Waals surface area contributed by atoms with Crippen molar-refractivity contribution in [1.29, 1.82) is 0 Å². The van der Waals surface area contributed by atoms with Crippen molar-refractivity contribution >= 4 is 33.6 Å². The van der Waals surface area contributed by atoms with E-state index in [1.54, 1.807) is 0 Å². The second-order valence-electron chi connectivity index (χ2n) is 5.49. The summed E-state index contributed by atoms with van der Waals surface area (Å²) >= 11 is 0. The lowest BCUT2D eigenvalue weighted by Crippen LogP contribution is -2.03. The Morgan fingerprint density at radius 2 is 1.67 bits per heavy atom. The zero-order chi connectivity index (χ0) is 15.1. The fraction of sp³-hybridized carbons (Fsp3) is 0.158. The van der Waals surface area contributed by atoms with E-state index >= 15 is 0 Å². The van der Waals surface area contributed by atoms with Gasteiger partial charge in [-0.15, -0.1) is 0 Å². The third-order valence-electron chi connectivity index (χ3n) is 4.35. The van der Waals surface area contributed by atoms with Gasteiger partial charge in [0.2, 0.25) is 5.78 Å². The molecule has 0 bridgehead atoms. The van der Waals surface area contributed by atoms with Gasteiger partial charge in [0.1, 0.15) is 0 Å². The van der Waals surface area contributed by atoms with Crippen LogP contribution in [0.5, 0.6) is 0 Å². The molecule has 2 heteroatoms. The Bertz CT molecular complexity index is 904. The summed E-state index contributed by atoms with van der Waals surface area (Å²) in [5.74, 6) is -0.461. The smallest absolute Gasteiger partial charge is 0.226 e. The number of aldehydes is 1. The highest BCUT2D eigenvalue weighted by Crippen LogP contribution is 2.34. The minimum absolute atomic E-state index is 0.401. The van der Waals surface area contributed by atoms with Crippen LogP contribution in [0.25, 0.3) is 21.5 Å². The lowest BCUT2D eigenvalue weighted by atomic mass is 9.89. The second kappa shape index (κ2) is 4.81. The van der Waals surface area contributed by atoms with Gasteiger partial charge in [0, 0.05) is 5.56 Å². The molecule has 0 spiro atoms. The molecule has 0 heterocycles. The topological polar surface area (TPSA) is 34.1 Å². The maximum atomic E-state index is 12.1. The highest BCUT2D eigenvalue weighted by molar-refractivity contribution is 6.38. The molecule has 3 aromatic carbocycles. The number of fused-ring (bicyclic) bond motifs is 3. The first kappa shape index (κ1) is 13.5. The fourth-order valence-electron chi connectivity index (χ4n) is 3.00. The molecule has 0 unspecified atom stereocenters. The van der Waals surface area contributed by atoms with Crippen molar-refractivity contribution < 1.29 is 9.59 Å². The van der Waals surface area contributed by atoms with E-state index in [9.17, 15) is 9.59 Å². The Balaban J connectivity index is 2.64. The highest BCUT2D eigenvalue weighted by atomic mass is 16.2. The van der Waals surface area contributed by atoms with Gasteiger partial charge < -0.3 is 0 Å². The average molecular weight is 276 g/mol. The summed E-state index contributed by atoms with van der Waals surface area (Å²) in [6.07, 6.45) is 0.401. The SMILES string of the molecule is Cc1cc2c(c(C(=O)C=O)cc3ccccc32)c(C)c1C. The van der Waals surface area contributed by atoms with Crippen molar-refractivity contribution in [2.45, 2.75) is 20.8 Å². The van der Waals surface area contributed by atoms with E-state index in [1.165, 1.54) is 5.56 Å². The van der Waals surface area contributed by atoms with Crippen LogP contribution in [0.1, 0.15) is 27.0 Å². The van der Waals surface area contributed by atoms with E-state index in [-0.39, 0.29) is 0 Å². The van der Waals surface area contributed by atoms with Crippen LogP contribution >= 0.6 is 0 Å². The molecule has 0 N–H and O–H groups in total. The molecule has 2 nitrogen and oxygen atoms in total. The molecule has 3 aromatic rings. The minimum atomic E-state index is -0.461. The molecule has 3 rings (SSSR count). The Labute approximate surface area is 123 Å². The summed E-state index contributed by atoms with van der Waals surface area (Å²) in [4.78, 5) is 23.1. The zero-order valence-corrected chi connectivity index (χ0v) is 12.4. The molecular formula is C19H16O2. The van der Waals surface area contributed by atoms with Gasteiger partial charge in [-0.2, -0.15) is 0 Å². The Kier molecular flexibility index (Phi) is 3.09. The predicted molar refractivity (Wildman–Crippen MR) is 86.1 cm³/mol. The largest absolute Gasteiger partial charge is 0.294 e. The second-order valence-corrected chi connectivity index (χ2v) is 5.49. The van der Waals surface area contributed by atoms with Crippen molar-refractivity contribution in [3.63, 3.8) is 0 Å². The number of carbonyl (C=O) groups is 2. The lowest BCUT2D eigenvalue weighted by Gasteiger charge is -2.15. The summed E-state index contributed by atoms with van der Waals surface area (Å²) in [7, 11) is 0. The molecular weight excluding hydrogens is 260 g/mol. The molecule has 0 aliphatic rings. The van der Waals surface area contributed by atoms with Crippen molar-refractivity contribution in [3.8, 4) is 0 Å². The lowest BCUT2D eigenvalue weighted by molar-refractivity contribution is -0.104. The van der Waals surface area contributed by atoms with Gasteiger partial charge >= 0.3 is 0 Å². The van der Waals surface area contributed by atoms with Gasteiger partial charge in [0.15, 0.2) is 6.29 Å². The Morgan fingerprint density at radius 3 is 2.38 bits per heavy atom. The average Bonchev–Trinajstić information content (AvgIpc) is 2.51.